The van der Waals surface area contributed by atoms with Gasteiger partial charge in [0.1, 0.15) is 11.6 Å². The molecular weight excluding hydrogens is 202 g/mol. The van der Waals surface area contributed by atoms with E-state index in [-0.39, 0.29) is 17.0 Å². The second-order valence-corrected chi connectivity index (χ2v) is 3.50. The highest BCUT2D eigenvalue weighted by Gasteiger charge is 2.17. The summed E-state index contributed by atoms with van der Waals surface area (Å²) in [7, 11) is 1.12. The van der Waals surface area contributed by atoms with E-state index in [1.54, 1.807) is 13.8 Å². The van der Waals surface area contributed by atoms with E-state index < -0.39 is 17.6 Å². The van der Waals surface area contributed by atoms with Crippen LogP contribution >= 0.6 is 0 Å². The fraction of sp³-hybridized carbons (Fsp3) is 0.364. The molecule has 0 unspecified atom stereocenters. The van der Waals surface area contributed by atoms with Gasteiger partial charge >= 0.3 is 5.97 Å². The van der Waals surface area contributed by atoms with Gasteiger partial charge in [0, 0.05) is 0 Å². The van der Waals surface area contributed by atoms with Crippen molar-refractivity contribution in [2.75, 3.05) is 7.11 Å². The Balaban J connectivity index is 3.25. The molecule has 4 heteroatoms. The average Bonchev–Trinajstić information content (AvgIpc) is 2.19. The number of carbonyl (C=O) groups excluding carboxylic acids is 1. The Morgan fingerprint density at radius 3 is 2.33 bits per heavy atom. The first kappa shape index (κ1) is 11.6. The highest BCUT2D eigenvalue weighted by molar-refractivity contribution is 5.89. The zero-order valence-electron chi connectivity index (χ0n) is 8.80. The molecule has 0 aliphatic carbocycles. The zero-order valence-corrected chi connectivity index (χ0v) is 8.80. The van der Waals surface area contributed by atoms with Crippen molar-refractivity contribution in [3.8, 4) is 0 Å². The highest BCUT2D eigenvalue weighted by Crippen LogP contribution is 2.22. The first-order chi connectivity index (χ1) is 6.97. The number of ether oxygens (including phenoxy) is 1. The molecule has 0 saturated heterocycles. The fourth-order valence-corrected chi connectivity index (χ4v) is 1.27. The van der Waals surface area contributed by atoms with Crippen molar-refractivity contribution in [2.24, 2.45) is 0 Å². The average molecular weight is 214 g/mol. The summed E-state index contributed by atoms with van der Waals surface area (Å²) in [5, 5.41) is 0. The van der Waals surface area contributed by atoms with E-state index in [4.69, 9.17) is 0 Å². The maximum atomic E-state index is 13.4. The second-order valence-electron chi connectivity index (χ2n) is 3.50. The smallest absolute Gasteiger partial charge is 0.340 e. The number of benzene rings is 1. The van der Waals surface area contributed by atoms with Gasteiger partial charge in [-0.25, -0.2) is 13.6 Å². The maximum absolute atomic E-state index is 13.4. The van der Waals surface area contributed by atoms with Crippen LogP contribution in [0.15, 0.2) is 12.1 Å². The number of hydrogen-bond acceptors (Lipinski definition) is 2. The quantitative estimate of drug-likeness (QED) is 0.707. The van der Waals surface area contributed by atoms with E-state index in [0.717, 1.165) is 19.2 Å². The van der Waals surface area contributed by atoms with Gasteiger partial charge in [0.05, 0.1) is 12.7 Å². The summed E-state index contributed by atoms with van der Waals surface area (Å²) in [6.45, 7) is 3.49. The van der Waals surface area contributed by atoms with Crippen molar-refractivity contribution in [1.82, 2.24) is 0 Å². The molecule has 2 nitrogen and oxygen atoms in total. The van der Waals surface area contributed by atoms with Crippen LogP contribution in [0.4, 0.5) is 8.78 Å². The molecule has 0 amide bonds. The monoisotopic (exact) mass is 214 g/mol. The Morgan fingerprint density at radius 1 is 1.27 bits per heavy atom. The molecule has 0 fully saturated rings. The second kappa shape index (κ2) is 4.38. The number of rotatable bonds is 2. The lowest BCUT2D eigenvalue weighted by atomic mass is 10.0. The maximum Gasteiger partial charge on any atom is 0.340 e. The van der Waals surface area contributed by atoms with Gasteiger partial charge in [-0.05, 0) is 23.6 Å². The Bertz CT molecular complexity index is 386. The molecule has 0 saturated carbocycles. The molecule has 1 aromatic carbocycles. The van der Waals surface area contributed by atoms with E-state index in [2.05, 4.69) is 4.74 Å². The van der Waals surface area contributed by atoms with Crippen molar-refractivity contribution < 1.29 is 18.3 Å². The molecule has 0 heterocycles. The van der Waals surface area contributed by atoms with Crippen LogP contribution in [0, 0.1) is 11.6 Å². The van der Waals surface area contributed by atoms with Crippen molar-refractivity contribution in [2.45, 2.75) is 19.8 Å². The standard InChI is InChI=1S/C11H12F2O2/c1-6(2)7-4-10(13)8(5-9(7)12)11(14)15-3/h4-6H,1-3H3. The Labute approximate surface area is 86.9 Å². The fourth-order valence-electron chi connectivity index (χ4n) is 1.27. The largest absolute Gasteiger partial charge is 0.465 e. The van der Waals surface area contributed by atoms with Gasteiger partial charge in [-0.15, -0.1) is 0 Å². The minimum Gasteiger partial charge on any atom is -0.465 e. The number of hydrogen-bond donors (Lipinski definition) is 0. The lowest BCUT2D eigenvalue weighted by molar-refractivity contribution is 0.0595. The van der Waals surface area contributed by atoms with Gasteiger partial charge in [-0.3, -0.25) is 0 Å². The topological polar surface area (TPSA) is 26.3 Å². The molecule has 82 valence electrons. The predicted octanol–water partition coefficient (Wildman–Crippen LogP) is 2.87. The summed E-state index contributed by atoms with van der Waals surface area (Å²) in [5.41, 5.74) is -0.125. The van der Waals surface area contributed by atoms with E-state index in [9.17, 15) is 13.6 Å². The van der Waals surface area contributed by atoms with E-state index >= 15 is 0 Å². The predicted molar refractivity (Wildman–Crippen MR) is 51.8 cm³/mol. The van der Waals surface area contributed by atoms with Crippen molar-refractivity contribution in [1.29, 1.82) is 0 Å². The van der Waals surface area contributed by atoms with Gasteiger partial charge in [-0.1, -0.05) is 13.8 Å². The summed E-state index contributed by atoms with van der Waals surface area (Å²) in [5.74, 6) is -2.35. The molecule has 1 aromatic rings. The number of esters is 1. The van der Waals surface area contributed by atoms with Gasteiger partial charge < -0.3 is 4.74 Å². The summed E-state index contributed by atoms with van der Waals surface area (Å²) in [6.07, 6.45) is 0. The number of carbonyl (C=O) groups is 1. The van der Waals surface area contributed by atoms with Crippen LogP contribution < -0.4 is 0 Å². The molecule has 0 radical (unpaired) electrons. The third-order valence-corrected chi connectivity index (χ3v) is 2.11. The Hall–Kier alpha value is -1.45. The molecule has 0 spiro atoms. The number of methoxy groups -OCH3 is 1. The molecule has 0 bridgehead atoms. The van der Waals surface area contributed by atoms with Crippen molar-refractivity contribution in [3.63, 3.8) is 0 Å². The molecular formula is C11H12F2O2. The Morgan fingerprint density at radius 2 is 1.87 bits per heavy atom. The third-order valence-electron chi connectivity index (χ3n) is 2.11. The summed E-state index contributed by atoms with van der Waals surface area (Å²) >= 11 is 0. The lowest BCUT2D eigenvalue weighted by Crippen LogP contribution is -2.07. The summed E-state index contributed by atoms with van der Waals surface area (Å²) in [4.78, 5) is 11.0. The van der Waals surface area contributed by atoms with Crippen LogP contribution in [-0.4, -0.2) is 13.1 Å². The van der Waals surface area contributed by atoms with Crippen LogP contribution in [0.2, 0.25) is 0 Å². The summed E-state index contributed by atoms with van der Waals surface area (Å²) in [6, 6.07) is 1.91. The normalized spacial score (nSPS) is 10.5. The van der Waals surface area contributed by atoms with Crippen LogP contribution in [0.1, 0.15) is 35.7 Å². The third kappa shape index (κ3) is 2.32. The van der Waals surface area contributed by atoms with Gasteiger partial charge in [0.25, 0.3) is 0 Å². The lowest BCUT2D eigenvalue weighted by Gasteiger charge is -2.09. The molecule has 0 atom stereocenters. The van der Waals surface area contributed by atoms with Gasteiger partial charge in [0.2, 0.25) is 0 Å². The van der Waals surface area contributed by atoms with Crippen LogP contribution in [0.3, 0.4) is 0 Å². The van der Waals surface area contributed by atoms with Crippen molar-refractivity contribution in [3.05, 3.63) is 34.9 Å². The minimum atomic E-state index is -0.873. The SMILES string of the molecule is COC(=O)c1cc(F)c(C(C)C)cc1F. The summed E-state index contributed by atoms with van der Waals surface area (Å²) < 4.78 is 31.1. The zero-order chi connectivity index (χ0) is 11.6. The molecule has 1 rings (SSSR count). The molecule has 0 aliphatic rings. The van der Waals surface area contributed by atoms with Crippen molar-refractivity contribution >= 4 is 5.97 Å². The highest BCUT2D eigenvalue weighted by atomic mass is 19.1. The molecule has 0 aliphatic heterocycles. The number of halogens is 2. The van der Waals surface area contributed by atoms with Gasteiger partial charge in [-0.2, -0.15) is 0 Å². The minimum absolute atomic E-state index is 0.133. The Kier molecular flexibility index (Phi) is 3.39. The van der Waals surface area contributed by atoms with E-state index in [1.807, 2.05) is 0 Å². The van der Waals surface area contributed by atoms with E-state index in [0.29, 0.717) is 0 Å². The van der Waals surface area contributed by atoms with Crippen LogP contribution in [0.25, 0.3) is 0 Å². The van der Waals surface area contributed by atoms with Crippen LogP contribution in [0.5, 0.6) is 0 Å². The molecule has 0 N–H and O–H groups in total. The van der Waals surface area contributed by atoms with Crippen LogP contribution in [-0.2, 0) is 4.74 Å². The first-order valence-electron chi connectivity index (χ1n) is 4.54. The van der Waals surface area contributed by atoms with Gasteiger partial charge in [0.15, 0.2) is 0 Å². The first-order valence-corrected chi connectivity index (χ1v) is 4.54. The molecule has 15 heavy (non-hydrogen) atoms. The molecule has 0 aromatic heterocycles. The van der Waals surface area contributed by atoms with E-state index in [1.165, 1.54) is 0 Å².